The van der Waals surface area contributed by atoms with Crippen molar-refractivity contribution in [3.8, 4) is 0 Å². The highest BCUT2D eigenvalue weighted by Gasteiger charge is 2.10. The number of aryl methyl sites for hydroxylation is 1. The Morgan fingerprint density at radius 2 is 2.05 bits per heavy atom. The summed E-state index contributed by atoms with van der Waals surface area (Å²) in [6.07, 6.45) is 1.20. The zero-order valence-corrected chi connectivity index (χ0v) is 12.5. The summed E-state index contributed by atoms with van der Waals surface area (Å²) in [6, 6.07) is 9.83. The minimum absolute atomic E-state index is 0.0854. The van der Waals surface area contributed by atoms with Crippen LogP contribution in [0.1, 0.15) is 17.7 Å². The van der Waals surface area contributed by atoms with Gasteiger partial charge < -0.3 is 10.1 Å². The molecule has 2 aromatic rings. The molecule has 1 aromatic carbocycles. The van der Waals surface area contributed by atoms with Crippen LogP contribution in [0.5, 0.6) is 0 Å². The van der Waals surface area contributed by atoms with Crippen molar-refractivity contribution in [2.24, 2.45) is 0 Å². The molecule has 5 nitrogen and oxygen atoms in total. The summed E-state index contributed by atoms with van der Waals surface area (Å²) in [5, 5.41) is 4.99. The van der Waals surface area contributed by atoms with Gasteiger partial charge in [0.15, 0.2) is 5.13 Å². The van der Waals surface area contributed by atoms with Crippen molar-refractivity contribution in [1.29, 1.82) is 0 Å². The summed E-state index contributed by atoms with van der Waals surface area (Å²) in [4.78, 5) is 27.1. The number of esters is 1. The number of carbonyl (C=O) groups is 2. The molecule has 0 atom stereocenters. The molecule has 0 spiro atoms. The third kappa shape index (κ3) is 5.00. The first kappa shape index (κ1) is 15.2. The highest BCUT2D eigenvalue weighted by molar-refractivity contribution is 7.13. The van der Waals surface area contributed by atoms with Gasteiger partial charge in [0.05, 0.1) is 19.2 Å². The number of hydrogen-bond acceptors (Lipinski definition) is 5. The number of carbonyl (C=O) groups excluding carboxylic acids is 2. The van der Waals surface area contributed by atoms with Crippen molar-refractivity contribution in [2.45, 2.75) is 19.3 Å². The van der Waals surface area contributed by atoms with Crippen LogP contribution in [0.15, 0.2) is 35.7 Å². The number of anilines is 1. The van der Waals surface area contributed by atoms with E-state index >= 15 is 0 Å². The highest BCUT2D eigenvalue weighted by Crippen LogP contribution is 2.16. The van der Waals surface area contributed by atoms with E-state index < -0.39 is 0 Å². The molecule has 0 fully saturated rings. The quantitative estimate of drug-likeness (QED) is 0.832. The molecule has 1 amide bonds. The van der Waals surface area contributed by atoms with E-state index in [1.54, 1.807) is 5.38 Å². The van der Waals surface area contributed by atoms with Crippen LogP contribution in [0.3, 0.4) is 0 Å². The Morgan fingerprint density at radius 1 is 1.29 bits per heavy atom. The van der Waals surface area contributed by atoms with E-state index in [1.165, 1.54) is 18.4 Å². The number of methoxy groups -OCH3 is 1. The van der Waals surface area contributed by atoms with Crippen LogP contribution < -0.4 is 5.32 Å². The zero-order chi connectivity index (χ0) is 15.1. The van der Waals surface area contributed by atoms with Gasteiger partial charge in [-0.1, -0.05) is 30.3 Å². The molecule has 0 aliphatic carbocycles. The van der Waals surface area contributed by atoms with Crippen molar-refractivity contribution < 1.29 is 14.3 Å². The lowest BCUT2D eigenvalue weighted by molar-refractivity contribution is -0.139. The molecule has 1 N–H and O–H groups in total. The van der Waals surface area contributed by atoms with Crippen LogP contribution in [-0.4, -0.2) is 24.0 Å². The summed E-state index contributed by atoms with van der Waals surface area (Å²) in [5.41, 5.74) is 1.73. The second kappa shape index (κ2) is 7.54. The third-order valence-corrected chi connectivity index (χ3v) is 3.64. The Morgan fingerprint density at radius 3 is 2.76 bits per heavy atom. The molecule has 0 bridgehead atoms. The van der Waals surface area contributed by atoms with Gasteiger partial charge in [-0.15, -0.1) is 11.3 Å². The first-order valence-electron chi connectivity index (χ1n) is 6.52. The summed E-state index contributed by atoms with van der Waals surface area (Å²) in [6.45, 7) is 0. The van der Waals surface area contributed by atoms with E-state index in [9.17, 15) is 9.59 Å². The van der Waals surface area contributed by atoms with Crippen LogP contribution >= 0.6 is 11.3 Å². The molecule has 6 heteroatoms. The van der Waals surface area contributed by atoms with E-state index in [1.807, 2.05) is 30.3 Å². The van der Waals surface area contributed by atoms with E-state index in [0.717, 1.165) is 5.56 Å². The number of nitrogens with zero attached hydrogens (tertiary/aromatic N) is 1. The Kier molecular flexibility index (Phi) is 5.45. The van der Waals surface area contributed by atoms with E-state index in [4.69, 9.17) is 0 Å². The molecule has 21 heavy (non-hydrogen) atoms. The van der Waals surface area contributed by atoms with Crippen LogP contribution in [0.25, 0.3) is 0 Å². The lowest BCUT2D eigenvalue weighted by atomic mass is 10.1. The van der Waals surface area contributed by atoms with Crippen molar-refractivity contribution in [2.75, 3.05) is 12.4 Å². The van der Waals surface area contributed by atoms with Gasteiger partial charge in [0, 0.05) is 11.8 Å². The molecule has 0 unspecified atom stereocenters. The average Bonchev–Trinajstić information content (AvgIpc) is 2.93. The van der Waals surface area contributed by atoms with Crippen LogP contribution in [0.2, 0.25) is 0 Å². The van der Waals surface area contributed by atoms with Gasteiger partial charge in [-0.2, -0.15) is 0 Å². The number of rotatable bonds is 6. The van der Waals surface area contributed by atoms with Gasteiger partial charge in [0.2, 0.25) is 5.91 Å². The van der Waals surface area contributed by atoms with Gasteiger partial charge in [0.1, 0.15) is 0 Å². The maximum atomic E-state index is 11.8. The third-order valence-electron chi connectivity index (χ3n) is 2.83. The molecule has 0 aliphatic rings. The fourth-order valence-electron chi connectivity index (χ4n) is 1.75. The number of hydrogen-bond donors (Lipinski definition) is 1. The molecule has 0 saturated carbocycles. The first-order valence-corrected chi connectivity index (χ1v) is 7.40. The normalized spacial score (nSPS) is 10.1. The van der Waals surface area contributed by atoms with Crippen LogP contribution in [0, 0.1) is 0 Å². The molecular formula is C15H16N2O3S. The topological polar surface area (TPSA) is 68.3 Å². The van der Waals surface area contributed by atoms with Gasteiger partial charge in [-0.05, 0) is 12.0 Å². The van der Waals surface area contributed by atoms with E-state index in [2.05, 4.69) is 15.0 Å². The maximum absolute atomic E-state index is 11.8. The minimum Gasteiger partial charge on any atom is -0.469 e. The predicted octanol–water partition coefficient (Wildman–Crippen LogP) is 2.43. The lowest BCUT2D eigenvalue weighted by Gasteiger charge is -2.02. The van der Waals surface area contributed by atoms with Crippen molar-refractivity contribution in [3.63, 3.8) is 0 Å². The smallest absolute Gasteiger partial charge is 0.311 e. The van der Waals surface area contributed by atoms with E-state index in [-0.39, 0.29) is 18.3 Å². The Balaban J connectivity index is 1.81. The number of ether oxygens (including phenoxy) is 1. The van der Waals surface area contributed by atoms with Gasteiger partial charge in [-0.3, -0.25) is 9.59 Å². The summed E-state index contributed by atoms with van der Waals surface area (Å²) < 4.78 is 4.57. The lowest BCUT2D eigenvalue weighted by Crippen LogP contribution is -2.12. The summed E-state index contributed by atoms with van der Waals surface area (Å²) >= 11 is 1.30. The molecule has 0 aliphatic heterocycles. The number of aromatic nitrogens is 1. The van der Waals surface area contributed by atoms with Crippen molar-refractivity contribution >= 4 is 28.3 Å². The summed E-state index contributed by atoms with van der Waals surface area (Å²) in [5.74, 6) is -0.430. The SMILES string of the molecule is COC(=O)Cc1csc(NC(=O)CCc2ccccc2)n1. The fraction of sp³-hybridized carbons (Fsp3) is 0.267. The summed E-state index contributed by atoms with van der Waals surface area (Å²) in [7, 11) is 1.33. The highest BCUT2D eigenvalue weighted by atomic mass is 32.1. The first-order chi connectivity index (χ1) is 10.2. The minimum atomic E-state index is -0.345. The van der Waals surface area contributed by atoms with Crippen LogP contribution in [-0.2, 0) is 27.2 Å². The predicted molar refractivity (Wildman–Crippen MR) is 81.2 cm³/mol. The largest absolute Gasteiger partial charge is 0.469 e. The van der Waals surface area contributed by atoms with Crippen LogP contribution in [0.4, 0.5) is 5.13 Å². The monoisotopic (exact) mass is 304 g/mol. The van der Waals surface area contributed by atoms with E-state index in [0.29, 0.717) is 23.7 Å². The standard InChI is InChI=1S/C15H16N2O3S/c1-20-14(19)9-12-10-21-15(16-12)17-13(18)8-7-11-5-3-2-4-6-11/h2-6,10H,7-9H2,1H3,(H,16,17,18). The number of thiazole rings is 1. The molecular weight excluding hydrogens is 288 g/mol. The fourth-order valence-corrected chi connectivity index (χ4v) is 2.48. The van der Waals surface area contributed by atoms with Gasteiger partial charge >= 0.3 is 5.97 Å². The zero-order valence-electron chi connectivity index (χ0n) is 11.7. The van der Waals surface area contributed by atoms with Gasteiger partial charge in [0.25, 0.3) is 0 Å². The Labute approximate surface area is 127 Å². The molecule has 1 heterocycles. The molecule has 0 saturated heterocycles. The van der Waals surface area contributed by atoms with Crippen molar-refractivity contribution in [3.05, 3.63) is 47.0 Å². The molecule has 110 valence electrons. The molecule has 1 aromatic heterocycles. The average molecular weight is 304 g/mol. The second-order valence-electron chi connectivity index (χ2n) is 4.43. The Hall–Kier alpha value is -2.21. The van der Waals surface area contributed by atoms with Crippen molar-refractivity contribution in [1.82, 2.24) is 4.98 Å². The number of benzene rings is 1. The Bertz CT molecular complexity index is 610. The second-order valence-corrected chi connectivity index (χ2v) is 5.29. The number of nitrogens with one attached hydrogen (secondary N) is 1. The number of amides is 1. The maximum Gasteiger partial charge on any atom is 0.311 e. The van der Waals surface area contributed by atoms with Gasteiger partial charge in [-0.25, -0.2) is 4.98 Å². The molecule has 0 radical (unpaired) electrons. The molecule has 2 rings (SSSR count).